The molecular formula is C15H9NO3. The number of hydrogen-bond acceptors (Lipinski definition) is 4. The lowest BCUT2D eigenvalue weighted by molar-refractivity contribution is 0.358. The van der Waals surface area contributed by atoms with Gasteiger partial charge in [-0.1, -0.05) is 6.08 Å². The van der Waals surface area contributed by atoms with Gasteiger partial charge < -0.3 is 9.15 Å². The highest BCUT2D eigenvalue weighted by Gasteiger charge is 2.13. The molecule has 92 valence electrons. The van der Waals surface area contributed by atoms with E-state index in [2.05, 4.69) is 4.98 Å². The summed E-state index contributed by atoms with van der Waals surface area (Å²) in [6.45, 7) is 0.560. The van der Waals surface area contributed by atoms with Gasteiger partial charge in [-0.25, -0.2) is 4.98 Å². The minimum atomic E-state index is -0.0884. The van der Waals surface area contributed by atoms with Crippen LogP contribution in [-0.4, -0.2) is 11.6 Å². The zero-order valence-corrected chi connectivity index (χ0v) is 9.92. The number of benzene rings is 2. The Morgan fingerprint density at radius 2 is 2.11 bits per heavy atom. The van der Waals surface area contributed by atoms with Crippen molar-refractivity contribution in [3.8, 4) is 17.2 Å². The number of aromatic nitrogens is 1. The molecule has 4 nitrogen and oxygen atoms in total. The number of ether oxygens (including phenoxy) is 1. The predicted molar refractivity (Wildman–Crippen MR) is 71.4 cm³/mol. The van der Waals surface area contributed by atoms with Gasteiger partial charge >= 0.3 is 0 Å². The average molecular weight is 251 g/mol. The first kappa shape index (κ1) is 10.3. The lowest BCUT2D eigenvalue weighted by atomic mass is 10.1. The summed E-state index contributed by atoms with van der Waals surface area (Å²) in [5, 5.41) is 0. The summed E-state index contributed by atoms with van der Waals surface area (Å²) in [6, 6.07) is 8.35. The Morgan fingerprint density at radius 3 is 3.05 bits per heavy atom. The van der Waals surface area contributed by atoms with Crippen molar-refractivity contribution in [2.45, 2.75) is 0 Å². The van der Waals surface area contributed by atoms with Crippen molar-refractivity contribution in [1.82, 2.24) is 4.98 Å². The fraction of sp³-hybridized carbons (Fsp3) is 0.0667. The Morgan fingerprint density at radius 1 is 1.16 bits per heavy atom. The highest BCUT2D eigenvalue weighted by atomic mass is 16.5. The Bertz CT molecular complexity index is 848. The average Bonchev–Trinajstić information content (AvgIpc) is 2.43. The molecule has 0 aromatic heterocycles. The standard InChI is InChI=1S/C15H9NO3/c17-10-3-4-11-14(7-10)19-15-8-13-9(2-1-5-18-13)6-12(15)16-11/h1-4,6-8H,5H2. The largest absolute Gasteiger partial charge is 0.489 e. The van der Waals surface area contributed by atoms with Gasteiger partial charge in [-0.2, -0.15) is 0 Å². The summed E-state index contributed by atoms with van der Waals surface area (Å²) in [5.74, 6) is 1.27. The third kappa shape index (κ3) is 1.61. The molecular weight excluding hydrogens is 242 g/mol. The van der Waals surface area contributed by atoms with E-state index in [4.69, 9.17) is 9.15 Å². The molecule has 0 bridgehead atoms. The zero-order valence-electron chi connectivity index (χ0n) is 9.92. The maximum atomic E-state index is 11.3. The minimum absolute atomic E-state index is 0.0884. The Hall–Kier alpha value is -2.62. The van der Waals surface area contributed by atoms with Crippen molar-refractivity contribution in [2.24, 2.45) is 0 Å². The van der Waals surface area contributed by atoms with Gasteiger partial charge in [0.1, 0.15) is 23.6 Å². The first-order valence-electron chi connectivity index (χ1n) is 5.98. The predicted octanol–water partition coefficient (Wildman–Crippen LogP) is 2.70. The van der Waals surface area contributed by atoms with Crippen LogP contribution in [0.25, 0.3) is 28.6 Å². The second kappa shape index (κ2) is 3.68. The number of hydrogen-bond donors (Lipinski definition) is 0. The highest BCUT2D eigenvalue weighted by Crippen LogP contribution is 2.31. The molecule has 1 aromatic rings. The summed E-state index contributed by atoms with van der Waals surface area (Å²) in [7, 11) is 0. The Labute approximate surface area is 108 Å². The lowest BCUT2D eigenvalue weighted by Crippen LogP contribution is -2.02. The van der Waals surface area contributed by atoms with Gasteiger partial charge in [0, 0.05) is 17.7 Å². The topological polar surface area (TPSA) is 52.3 Å². The second-order valence-electron chi connectivity index (χ2n) is 4.41. The molecule has 2 heterocycles. The van der Waals surface area contributed by atoms with E-state index < -0.39 is 0 Å². The van der Waals surface area contributed by atoms with Crippen LogP contribution in [0.3, 0.4) is 0 Å². The molecule has 4 heteroatoms. The van der Waals surface area contributed by atoms with Crippen LogP contribution in [-0.2, 0) is 0 Å². The number of nitrogens with zero attached hydrogens (tertiary/aromatic N) is 1. The van der Waals surface area contributed by atoms with Gasteiger partial charge in [-0.3, -0.25) is 4.79 Å². The fourth-order valence-electron chi connectivity index (χ4n) is 2.22. The van der Waals surface area contributed by atoms with E-state index >= 15 is 0 Å². The molecule has 0 atom stereocenters. The van der Waals surface area contributed by atoms with Crippen LogP contribution in [0, 0.1) is 0 Å². The molecule has 3 aliphatic rings. The molecule has 19 heavy (non-hydrogen) atoms. The van der Waals surface area contributed by atoms with Crippen molar-refractivity contribution in [3.05, 3.63) is 52.2 Å². The second-order valence-corrected chi connectivity index (χ2v) is 4.41. The molecule has 0 spiro atoms. The van der Waals surface area contributed by atoms with Gasteiger partial charge in [-0.15, -0.1) is 0 Å². The van der Waals surface area contributed by atoms with Crippen LogP contribution >= 0.6 is 0 Å². The molecule has 0 amide bonds. The van der Waals surface area contributed by atoms with Gasteiger partial charge in [0.2, 0.25) is 0 Å². The monoisotopic (exact) mass is 251 g/mol. The highest BCUT2D eigenvalue weighted by molar-refractivity contribution is 5.82. The zero-order chi connectivity index (χ0) is 12.8. The SMILES string of the molecule is O=c1ccc2nc3cc4c(cc3oc-2c1)OCC=C4. The van der Waals surface area contributed by atoms with Gasteiger partial charge in [0.05, 0.1) is 0 Å². The number of rotatable bonds is 0. The maximum Gasteiger partial charge on any atom is 0.182 e. The summed E-state index contributed by atoms with van der Waals surface area (Å²) < 4.78 is 11.3. The molecule has 1 aliphatic carbocycles. The molecule has 0 saturated heterocycles. The summed E-state index contributed by atoms with van der Waals surface area (Å²) in [4.78, 5) is 15.8. The third-order valence-corrected chi connectivity index (χ3v) is 3.12. The normalized spacial score (nSPS) is 13.5. The fourth-order valence-corrected chi connectivity index (χ4v) is 2.22. The molecule has 0 fully saturated rings. The Kier molecular flexibility index (Phi) is 2.00. The van der Waals surface area contributed by atoms with Crippen LogP contribution < -0.4 is 10.2 Å². The van der Waals surface area contributed by atoms with Crippen LogP contribution in [0.15, 0.2) is 45.6 Å². The van der Waals surface area contributed by atoms with Gasteiger partial charge in [0.15, 0.2) is 16.8 Å². The molecule has 0 saturated carbocycles. The van der Waals surface area contributed by atoms with Crippen LogP contribution in [0.4, 0.5) is 0 Å². The molecule has 0 N–H and O–H groups in total. The Balaban J connectivity index is 2.08. The third-order valence-electron chi connectivity index (χ3n) is 3.12. The molecule has 2 aliphatic heterocycles. The van der Waals surface area contributed by atoms with Crippen molar-refractivity contribution in [1.29, 1.82) is 0 Å². The van der Waals surface area contributed by atoms with Crippen molar-refractivity contribution in [2.75, 3.05) is 6.61 Å². The maximum absolute atomic E-state index is 11.3. The van der Waals surface area contributed by atoms with E-state index in [1.807, 2.05) is 24.3 Å². The molecule has 0 unspecified atom stereocenters. The molecule has 0 radical (unpaired) electrons. The van der Waals surface area contributed by atoms with Gasteiger partial charge in [-0.05, 0) is 24.3 Å². The van der Waals surface area contributed by atoms with E-state index in [-0.39, 0.29) is 5.43 Å². The quantitative estimate of drug-likeness (QED) is 0.576. The van der Waals surface area contributed by atoms with E-state index in [0.29, 0.717) is 23.6 Å². The first-order valence-corrected chi connectivity index (χ1v) is 5.98. The van der Waals surface area contributed by atoms with Crippen LogP contribution in [0.5, 0.6) is 5.75 Å². The number of fused-ring (bicyclic) bond motifs is 3. The van der Waals surface area contributed by atoms with Crippen LogP contribution in [0.1, 0.15) is 5.56 Å². The molecule has 1 aromatic carbocycles. The van der Waals surface area contributed by atoms with Crippen LogP contribution in [0.2, 0.25) is 0 Å². The lowest BCUT2D eigenvalue weighted by Gasteiger charge is -2.13. The van der Waals surface area contributed by atoms with E-state index in [1.54, 1.807) is 6.07 Å². The smallest absolute Gasteiger partial charge is 0.182 e. The van der Waals surface area contributed by atoms with Crippen molar-refractivity contribution in [3.63, 3.8) is 0 Å². The summed E-state index contributed by atoms with van der Waals surface area (Å²) >= 11 is 0. The first-order chi connectivity index (χ1) is 9.29. The van der Waals surface area contributed by atoms with E-state index in [9.17, 15) is 4.79 Å². The minimum Gasteiger partial charge on any atom is -0.489 e. The van der Waals surface area contributed by atoms with E-state index in [1.165, 1.54) is 12.1 Å². The van der Waals surface area contributed by atoms with Crippen molar-refractivity contribution >= 4 is 17.2 Å². The molecule has 4 rings (SSSR count). The van der Waals surface area contributed by atoms with Crippen molar-refractivity contribution < 1.29 is 9.15 Å². The summed E-state index contributed by atoms with van der Waals surface area (Å²) in [5.41, 5.74) is 2.94. The van der Waals surface area contributed by atoms with Gasteiger partial charge in [0.25, 0.3) is 0 Å². The summed E-state index contributed by atoms with van der Waals surface area (Å²) in [6.07, 6.45) is 3.96. The van der Waals surface area contributed by atoms with E-state index in [0.717, 1.165) is 16.8 Å².